The number of aromatic nitrogens is 2. The van der Waals surface area contributed by atoms with Crippen LogP contribution in [-0.4, -0.2) is 46.3 Å². The van der Waals surface area contributed by atoms with Crippen molar-refractivity contribution in [2.75, 3.05) is 19.7 Å². The van der Waals surface area contributed by atoms with Crippen molar-refractivity contribution in [2.45, 2.75) is 44.6 Å². The molecule has 5 nitrogen and oxygen atoms in total. The molecule has 0 aromatic carbocycles. The first-order valence-electron chi connectivity index (χ1n) is 8.50. The van der Waals surface area contributed by atoms with E-state index in [1.54, 1.807) is 11.3 Å². The summed E-state index contributed by atoms with van der Waals surface area (Å²) in [7, 11) is 0. The Kier molecular flexibility index (Phi) is 4.63. The summed E-state index contributed by atoms with van der Waals surface area (Å²) in [6.07, 6.45) is 4.09. The fourth-order valence-corrected chi connectivity index (χ4v) is 4.29. The van der Waals surface area contributed by atoms with Gasteiger partial charge >= 0.3 is 0 Å². The lowest BCUT2D eigenvalue weighted by atomic mass is 9.84. The summed E-state index contributed by atoms with van der Waals surface area (Å²) in [5, 5.41) is 3.21. The van der Waals surface area contributed by atoms with Crippen molar-refractivity contribution in [2.24, 2.45) is 0 Å². The van der Waals surface area contributed by atoms with Crippen LogP contribution in [0.5, 0.6) is 0 Å². The predicted octanol–water partition coefficient (Wildman–Crippen LogP) is 2.80. The SMILES string of the molecule is Cc1cccc(COC2CCOC3(C2)CN(Cc2nccs2)C3)n1. The number of ether oxygens (including phenoxy) is 2. The molecule has 0 amide bonds. The molecule has 2 aromatic rings. The smallest absolute Gasteiger partial charge is 0.107 e. The van der Waals surface area contributed by atoms with E-state index in [4.69, 9.17) is 9.47 Å². The van der Waals surface area contributed by atoms with Crippen LogP contribution in [0, 0.1) is 6.92 Å². The third-order valence-electron chi connectivity index (χ3n) is 4.73. The molecule has 2 aliphatic rings. The van der Waals surface area contributed by atoms with Crippen LogP contribution in [0.2, 0.25) is 0 Å². The second-order valence-electron chi connectivity index (χ2n) is 6.80. The van der Waals surface area contributed by atoms with E-state index in [-0.39, 0.29) is 11.7 Å². The predicted molar refractivity (Wildman–Crippen MR) is 92.9 cm³/mol. The van der Waals surface area contributed by atoms with Gasteiger partial charge in [0.2, 0.25) is 0 Å². The molecule has 0 aliphatic carbocycles. The number of rotatable bonds is 5. The van der Waals surface area contributed by atoms with Crippen LogP contribution in [-0.2, 0) is 22.6 Å². The highest BCUT2D eigenvalue weighted by Gasteiger charge is 2.47. The minimum absolute atomic E-state index is 0.0137. The molecule has 0 N–H and O–H groups in total. The first-order chi connectivity index (χ1) is 11.7. The van der Waals surface area contributed by atoms with Crippen molar-refractivity contribution in [3.8, 4) is 0 Å². The summed E-state index contributed by atoms with van der Waals surface area (Å²) in [6.45, 7) is 6.28. The molecule has 2 aromatic heterocycles. The number of hydrogen-bond donors (Lipinski definition) is 0. The lowest BCUT2D eigenvalue weighted by molar-refractivity contribution is -0.200. The molecule has 2 aliphatic heterocycles. The number of likely N-dealkylation sites (tertiary alicyclic amines) is 1. The van der Waals surface area contributed by atoms with Gasteiger partial charge in [0.15, 0.2) is 0 Å². The van der Waals surface area contributed by atoms with Crippen molar-refractivity contribution in [3.05, 3.63) is 46.2 Å². The average Bonchev–Trinajstić information content (AvgIpc) is 3.05. The normalized spacial score (nSPS) is 23.3. The van der Waals surface area contributed by atoms with Gasteiger partial charge in [0.05, 0.1) is 30.6 Å². The largest absolute Gasteiger partial charge is 0.372 e. The van der Waals surface area contributed by atoms with Gasteiger partial charge in [-0.15, -0.1) is 11.3 Å². The van der Waals surface area contributed by atoms with E-state index in [9.17, 15) is 0 Å². The highest BCUT2D eigenvalue weighted by atomic mass is 32.1. The Morgan fingerprint density at radius 2 is 2.33 bits per heavy atom. The molecule has 0 radical (unpaired) electrons. The van der Waals surface area contributed by atoms with Crippen LogP contribution >= 0.6 is 11.3 Å². The van der Waals surface area contributed by atoms with Gasteiger partial charge in [0.25, 0.3) is 0 Å². The number of hydrogen-bond acceptors (Lipinski definition) is 6. The highest BCUT2D eigenvalue weighted by molar-refractivity contribution is 7.09. The van der Waals surface area contributed by atoms with Crippen molar-refractivity contribution in [1.82, 2.24) is 14.9 Å². The fraction of sp³-hybridized carbons (Fsp3) is 0.556. The summed E-state index contributed by atoms with van der Waals surface area (Å²) >= 11 is 1.72. The Labute approximate surface area is 146 Å². The number of aryl methyl sites for hydroxylation is 1. The average molecular weight is 345 g/mol. The molecule has 128 valence electrons. The first kappa shape index (κ1) is 16.1. The van der Waals surface area contributed by atoms with E-state index in [1.807, 2.05) is 36.7 Å². The Morgan fingerprint density at radius 1 is 1.42 bits per heavy atom. The molecule has 4 rings (SSSR count). The Hall–Kier alpha value is -1.34. The number of pyridine rings is 1. The summed E-state index contributed by atoms with van der Waals surface area (Å²) in [5.41, 5.74) is 2.03. The third-order valence-corrected chi connectivity index (χ3v) is 5.49. The quantitative estimate of drug-likeness (QED) is 0.834. The third kappa shape index (κ3) is 3.67. The molecule has 2 fully saturated rings. The summed E-state index contributed by atoms with van der Waals surface area (Å²) in [4.78, 5) is 11.3. The van der Waals surface area contributed by atoms with Gasteiger partial charge in [-0.1, -0.05) is 6.07 Å². The minimum atomic E-state index is -0.0137. The standard InChI is InChI=1S/C18H23N3O2S/c1-14-3-2-4-15(20-14)11-22-16-5-7-23-18(9-16)12-21(13-18)10-17-19-6-8-24-17/h2-4,6,8,16H,5,7,9-13H2,1H3. The van der Waals surface area contributed by atoms with Crippen molar-refractivity contribution >= 4 is 11.3 Å². The topological polar surface area (TPSA) is 47.5 Å². The van der Waals surface area contributed by atoms with Gasteiger partial charge in [-0.2, -0.15) is 0 Å². The van der Waals surface area contributed by atoms with Crippen molar-refractivity contribution in [1.29, 1.82) is 0 Å². The molecule has 1 atom stereocenters. The zero-order chi connectivity index (χ0) is 16.4. The van der Waals surface area contributed by atoms with Crippen molar-refractivity contribution < 1.29 is 9.47 Å². The number of thiazole rings is 1. The van der Waals surface area contributed by atoms with Crippen LogP contribution in [0.15, 0.2) is 29.8 Å². The Balaban J connectivity index is 1.27. The molecular formula is C18H23N3O2S. The number of nitrogens with zero attached hydrogens (tertiary/aromatic N) is 3. The van der Waals surface area contributed by atoms with Crippen LogP contribution in [0.1, 0.15) is 29.2 Å². The lowest BCUT2D eigenvalue weighted by Gasteiger charge is -2.53. The van der Waals surface area contributed by atoms with E-state index in [2.05, 4.69) is 14.9 Å². The second kappa shape index (κ2) is 6.88. The summed E-state index contributed by atoms with van der Waals surface area (Å²) < 4.78 is 12.2. The Morgan fingerprint density at radius 3 is 3.12 bits per heavy atom. The molecule has 1 spiro atoms. The van der Waals surface area contributed by atoms with E-state index in [1.165, 1.54) is 5.01 Å². The second-order valence-corrected chi connectivity index (χ2v) is 7.78. The lowest BCUT2D eigenvalue weighted by Crippen LogP contribution is -2.65. The molecule has 1 unspecified atom stereocenters. The minimum Gasteiger partial charge on any atom is -0.372 e. The summed E-state index contributed by atoms with van der Waals surface area (Å²) in [5.74, 6) is 0. The first-order valence-corrected chi connectivity index (χ1v) is 9.38. The van der Waals surface area contributed by atoms with Crippen LogP contribution < -0.4 is 0 Å². The molecule has 0 saturated carbocycles. The molecular weight excluding hydrogens is 322 g/mol. The van der Waals surface area contributed by atoms with Gasteiger partial charge in [0, 0.05) is 43.4 Å². The van der Waals surface area contributed by atoms with Gasteiger partial charge in [0.1, 0.15) is 5.01 Å². The van der Waals surface area contributed by atoms with E-state index >= 15 is 0 Å². The molecule has 6 heteroatoms. The van der Waals surface area contributed by atoms with Gasteiger partial charge in [-0.3, -0.25) is 9.88 Å². The fourth-order valence-electron chi connectivity index (χ4n) is 3.63. The van der Waals surface area contributed by atoms with E-state index in [0.29, 0.717) is 6.61 Å². The molecule has 0 bridgehead atoms. The van der Waals surface area contributed by atoms with Gasteiger partial charge < -0.3 is 9.47 Å². The monoisotopic (exact) mass is 345 g/mol. The van der Waals surface area contributed by atoms with E-state index < -0.39 is 0 Å². The van der Waals surface area contributed by atoms with E-state index in [0.717, 1.165) is 50.5 Å². The maximum atomic E-state index is 6.12. The zero-order valence-electron chi connectivity index (χ0n) is 14.0. The maximum Gasteiger partial charge on any atom is 0.107 e. The molecule has 24 heavy (non-hydrogen) atoms. The summed E-state index contributed by atoms with van der Waals surface area (Å²) in [6, 6.07) is 6.08. The van der Waals surface area contributed by atoms with Gasteiger partial charge in [-0.05, 0) is 25.5 Å². The molecule has 4 heterocycles. The van der Waals surface area contributed by atoms with Crippen LogP contribution in [0.3, 0.4) is 0 Å². The van der Waals surface area contributed by atoms with Gasteiger partial charge in [-0.25, -0.2) is 4.98 Å². The van der Waals surface area contributed by atoms with Crippen LogP contribution in [0.25, 0.3) is 0 Å². The molecule has 2 saturated heterocycles. The van der Waals surface area contributed by atoms with Crippen LogP contribution in [0.4, 0.5) is 0 Å². The van der Waals surface area contributed by atoms with Crippen molar-refractivity contribution in [3.63, 3.8) is 0 Å². The Bertz CT molecular complexity index is 671. The zero-order valence-corrected chi connectivity index (χ0v) is 14.8. The highest BCUT2D eigenvalue weighted by Crippen LogP contribution is 2.36. The maximum absolute atomic E-state index is 6.12.